The Hall–Kier alpha value is 0.350. The molecule has 6 heavy (non-hydrogen) atoms. The maximum atomic E-state index is 3.19. The van der Waals surface area contributed by atoms with Gasteiger partial charge in [-0.2, -0.15) is 0 Å². The van der Waals surface area contributed by atoms with E-state index >= 15 is 0 Å². The van der Waals surface area contributed by atoms with Crippen LogP contribution >= 0.6 is 8.58 Å². The first-order valence-corrected chi connectivity index (χ1v) is 3.54. The zero-order chi connectivity index (χ0) is 4.24. The fourth-order valence-corrected chi connectivity index (χ4v) is 1.18. The van der Waals surface area contributed by atoms with E-state index in [2.05, 4.69) is 10.6 Å². The summed E-state index contributed by atoms with van der Waals surface area (Å²) in [6.07, 6.45) is 2.43. The lowest BCUT2D eigenvalue weighted by atomic mass is 11.0. The van der Waals surface area contributed by atoms with Crippen molar-refractivity contribution in [3.05, 3.63) is 0 Å². The number of hydrogen-bond acceptors (Lipinski definition) is 2. The van der Waals surface area contributed by atoms with Crippen molar-refractivity contribution >= 4 is 8.58 Å². The van der Waals surface area contributed by atoms with Crippen molar-refractivity contribution in [3.63, 3.8) is 0 Å². The molecule has 1 saturated heterocycles. The molecule has 2 nitrogen and oxygen atoms in total. The number of nitrogens with one attached hydrogen (secondary N) is 2. The Kier molecular flexibility index (Phi) is 1.89. The summed E-state index contributed by atoms with van der Waals surface area (Å²) in [5, 5.41) is 6.37. The minimum Gasteiger partial charge on any atom is -0.301 e. The van der Waals surface area contributed by atoms with Gasteiger partial charge < -0.3 is 10.6 Å². The van der Waals surface area contributed by atoms with Crippen molar-refractivity contribution < 1.29 is 0 Å². The quantitative estimate of drug-likeness (QED) is 0.413. The maximum Gasteiger partial charge on any atom is 0.0459 e. The zero-order valence-corrected chi connectivity index (χ0v) is 4.62. The van der Waals surface area contributed by atoms with Crippen LogP contribution in [0.5, 0.6) is 0 Å². The summed E-state index contributed by atoms with van der Waals surface area (Å²) < 4.78 is 0. The molecule has 36 valence electrons. The van der Waals surface area contributed by atoms with Crippen LogP contribution in [0.25, 0.3) is 0 Å². The molecule has 1 aliphatic heterocycles. The third-order valence-electron chi connectivity index (χ3n) is 0.750. The van der Waals surface area contributed by atoms with Crippen LogP contribution in [-0.2, 0) is 0 Å². The van der Waals surface area contributed by atoms with Crippen molar-refractivity contribution in [2.24, 2.45) is 0 Å². The predicted molar refractivity (Wildman–Crippen MR) is 29.2 cm³/mol. The van der Waals surface area contributed by atoms with Crippen LogP contribution in [0.4, 0.5) is 0 Å². The molecule has 1 rings (SSSR count). The van der Waals surface area contributed by atoms with E-state index in [0.29, 0.717) is 0 Å². The Morgan fingerprint density at radius 2 is 1.83 bits per heavy atom. The molecule has 0 bridgehead atoms. The molecule has 0 aromatic carbocycles. The van der Waals surface area contributed by atoms with Crippen molar-refractivity contribution in [1.82, 2.24) is 10.6 Å². The highest BCUT2D eigenvalue weighted by atomic mass is 31.1. The van der Waals surface area contributed by atoms with Crippen molar-refractivity contribution in [2.75, 3.05) is 19.2 Å². The second-order valence-corrected chi connectivity index (χ2v) is 2.49. The van der Waals surface area contributed by atoms with Crippen LogP contribution in [0.15, 0.2) is 0 Å². The first-order valence-electron chi connectivity index (χ1n) is 2.12. The molecule has 0 spiro atoms. The molecule has 1 aliphatic rings. The van der Waals surface area contributed by atoms with Gasteiger partial charge in [0.05, 0.1) is 0 Å². The second-order valence-electron chi connectivity index (χ2n) is 1.28. The van der Waals surface area contributed by atoms with E-state index in [1.807, 2.05) is 0 Å². The van der Waals surface area contributed by atoms with E-state index in [9.17, 15) is 0 Å². The highest BCUT2D eigenvalue weighted by Gasteiger charge is 1.91. The first kappa shape index (κ1) is 4.51. The molecule has 2 N–H and O–H groups in total. The van der Waals surface area contributed by atoms with Gasteiger partial charge in [0.2, 0.25) is 0 Å². The minimum atomic E-state index is 1.01. The van der Waals surface area contributed by atoms with Gasteiger partial charge in [0.1, 0.15) is 0 Å². The first-order chi connectivity index (χ1) is 3.00. The normalized spacial score (nSPS) is 24.0. The molecule has 1 heterocycles. The molecule has 0 aliphatic carbocycles. The third kappa shape index (κ3) is 1.21. The van der Waals surface area contributed by atoms with Gasteiger partial charge in [-0.05, 0) is 0 Å². The Balaban J connectivity index is 2.00. The van der Waals surface area contributed by atoms with E-state index in [1.54, 1.807) is 0 Å². The topological polar surface area (TPSA) is 24.1 Å². The molecular formula is C3H9N2P. The van der Waals surface area contributed by atoms with E-state index in [-0.39, 0.29) is 0 Å². The Labute approximate surface area is 39.5 Å². The van der Waals surface area contributed by atoms with Gasteiger partial charge >= 0.3 is 0 Å². The Bertz CT molecular complexity index is 24.3. The van der Waals surface area contributed by atoms with E-state index in [0.717, 1.165) is 15.2 Å². The smallest absolute Gasteiger partial charge is 0.0459 e. The molecule has 1 fully saturated rings. The fraction of sp³-hybridized carbons (Fsp3) is 1.00. The lowest BCUT2D eigenvalue weighted by Crippen LogP contribution is -2.32. The summed E-state index contributed by atoms with van der Waals surface area (Å²) in [6.45, 7) is 1.01. The molecule has 0 aromatic heterocycles. The molecule has 3 heteroatoms. The number of hydrogen-bond donors (Lipinski definition) is 2. The Morgan fingerprint density at radius 3 is 2.00 bits per heavy atom. The van der Waals surface area contributed by atoms with E-state index in [1.165, 1.54) is 12.6 Å². The summed E-state index contributed by atoms with van der Waals surface area (Å²) in [5.74, 6) is 0. The molecule has 0 unspecified atom stereocenters. The van der Waals surface area contributed by atoms with Crippen molar-refractivity contribution in [2.45, 2.75) is 0 Å². The molecule has 0 amide bonds. The summed E-state index contributed by atoms with van der Waals surface area (Å²) in [7, 11) is 1.08. The van der Waals surface area contributed by atoms with Crippen molar-refractivity contribution in [1.29, 1.82) is 0 Å². The Morgan fingerprint density at radius 1 is 1.17 bits per heavy atom. The average Bonchev–Trinajstić information content (AvgIpc) is 1.72. The molecular weight excluding hydrogens is 95.0 g/mol. The van der Waals surface area contributed by atoms with E-state index < -0.39 is 0 Å². The van der Waals surface area contributed by atoms with E-state index in [4.69, 9.17) is 0 Å². The standard InChI is InChI=1S/C3H9N2P/c1-4-2-6-3-5-1/h4-6H,1-3H2. The molecule has 0 aromatic rings. The zero-order valence-electron chi connectivity index (χ0n) is 3.62. The lowest BCUT2D eigenvalue weighted by Gasteiger charge is -2.11. The monoisotopic (exact) mass is 104 g/mol. The lowest BCUT2D eigenvalue weighted by molar-refractivity contribution is 0.657. The minimum absolute atomic E-state index is 1.01. The third-order valence-corrected chi connectivity index (χ3v) is 1.75. The largest absolute Gasteiger partial charge is 0.301 e. The van der Waals surface area contributed by atoms with Gasteiger partial charge in [-0.3, -0.25) is 0 Å². The summed E-state index contributed by atoms with van der Waals surface area (Å²) in [6, 6.07) is 0. The maximum absolute atomic E-state index is 3.19. The SMILES string of the molecule is C1NCPCN1. The predicted octanol–water partition coefficient (Wildman–Crippen LogP) is -0.270. The average molecular weight is 104 g/mol. The van der Waals surface area contributed by atoms with Gasteiger partial charge in [0, 0.05) is 19.2 Å². The fourth-order valence-electron chi connectivity index (χ4n) is 0.453. The van der Waals surface area contributed by atoms with Crippen LogP contribution < -0.4 is 10.6 Å². The highest BCUT2D eigenvalue weighted by molar-refractivity contribution is 7.37. The van der Waals surface area contributed by atoms with Gasteiger partial charge in [-0.25, -0.2) is 0 Å². The van der Waals surface area contributed by atoms with Crippen LogP contribution in [0, 0.1) is 0 Å². The number of rotatable bonds is 0. The summed E-state index contributed by atoms with van der Waals surface area (Å²) in [5.41, 5.74) is 0. The van der Waals surface area contributed by atoms with Gasteiger partial charge in [-0.15, -0.1) is 0 Å². The van der Waals surface area contributed by atoms with Crippen LogP contribution in [0.3, 0.4) is 0 Å². The molecule has 0 saturated carbocycles. The second kappa shape index (κ2) is 2.51. The highest BCUT2D eigenvalue weighted by Crippen LogP contribution is 2.04. The molecule has 0 atom stereocenters. The molecule has 0 radical (unpaired) electrons. The van der Waals surface area contributed by atoms with Crippen LogP contribution in [0.1, 0.15) is 0 Å². The summed E-state index contributed by atoms with van der Waals surface area (Å²) >= 11 is 0. The van der Waals surface area contributed by atoms with Gasteiger partial charge in [-0.1, -0.05) is 8.58 Å². The van der Waals surface area contributed by atoms with Crippen molar-refractivity contribution in [3.8, 4) is 0 Å². The van der Waals surface area contributed by atoms with Crippen LogP contribution in [-0.4, -0.2) is 19.2 Å². The van der Waals surface area contributed by atoms with Gasteiger partial charge in [0.25, 0.3) is 0 Å². The van der Waals surface area contributed by atoms with Crippen LogP contribution in [0.2, 0.25) is 0 Å². The van der Waals surface area contributed by atoms with Gasteiger partial charge in [0.15, 0.2) is 0 Å². The summed E-state index contributed by atoms with van der Waals surface area (Å²) in [4.78, 5) is 0.